The molecule has 0 aliphatic heterocycles. The number of carboxylic acid groups (broad SMARTS) is 1. The fraction of sp³-hybridized carbons (Fsp3) is 0.500. The standard InChI is InChI=1S/C16H22N2O3/c1-11(2)9-10-18(12-7-8-12)16(21)17-14-6-4-3-5-13(14)15(19)20/h3-6,11-12H,7-10H2,1-2H3,(H,17,21)(H,19,20). The third-order valence-corrected chi connectivity index (χ3v) is 3.59. The minimum absolute atomic E-state index is 0.116. The number of benzene rings is 1. The zero-order valence-corrected chi connectivity index (χ0v) is 12.5. The van der Waals surface area contributed by atoms with Gasteiger partial charge in [-0.25, -0.2) is 9.59 Å². The first-order valence-electron chi connectivity index (χ1n) is 7.39. The van der Waals surface area contributed by atoms with Crippen LogP contribution in [0, 0.1) is 5.92 Å². The van der Waals surface area contributed by atoms with Gasteiger partial charge in [0, 0.05) is 12.6 Å². The van der Waals surface area contributed by atoms with Crippen LogP contribution in [0.3, 0.4) is 0 Å². The Morgan fingerprint density at radius 3 is 2.57 bits per heavy atom. The van der Waals surface area contributed by atoms with Crippen LogP contribution in [0.5, 0.6) is 0 Å². The van der Waals surface area contributed by atoms with Gasteiger partial charge in [-0.3, -0.25) is 0 Å². The van der Waals surface area contributed by atoms with Gasteiger partial charge in [0.05, 0.1) is 11.3 Å². The number of para-hydroxylation sites is 1. The molecule has 2 rings (SSSR count). The molecule has 5 nitrogen and oxygen atoms in total. The van der Waals surface area contributed by atoms with Crippen LogP contribution in [0.2, 0.25) is 0 Å². The Hall–Kier alpha value is -2.04. The number of hydrogen-bond donors (Lipinski definition) is 2. The molecule has 0 bridgehead atoms. The molecule has 0 unspecified atom stereocenters. The topological polar surface area (TPSA) is 69.6 Å². The third-order valence-electron chi connectivity index (χ3n) is 3.59. The van der Waals surface area contributed by atoms with Crippen molar-refractivity contribution >= 4 is 17.7 Å². The van der Waals surface area contributed by atoms with Crippen LogP contribution < -0.4 is 5.32 Å². The SMILES string of the molecule is CC(C)CCN(C(=O)Nc1ccccc1C(=O)O)C1CC1. The molecule has 1 aliphatic carbocycles. The number of hydrogen-bond acceptors (Lipinski definition) is 2. The molecule has 1 aromatic rings. The van der Waals surface area contributed by atoms with Gasteiger partial charge in [-0.1, -0.05) is 26.0 Å². The van der Waals surface area contributed by atoms with Crippen LogP contribution in [0.4, 0.5) is 10.5 Å². The Balaban J connectivity index is 2.06. The van der Waals surface area contributed by atoms with Crippen molar-refractivity contribution in [3.63, 3.8) is 0 Å². The van der Waals surface area contributed by atoms with Crippen LogP contribution >= 0.6 is 0 Å². The highest BCUT2D eigenvalue weighted by molar-refractivity contribution is 6.00. The molecule has 1 fully saturated rings. The van der Waals surface area contributed by atoms with Gasteiger partial charge in [0.2, 0.25) is 0 Å². The number of carbonyl (C=O) groups is 2. The van der Waals surface area contributed by atoms with E-state index in [0.717, 1.165) is 19.3 Å². The second-order valence-corrected chi connectivity index (χ2v) is 5.89. The maximum absolute atomic E-state index is 12.4. The molecule has 1 aromatic carbocycles. The van der Waals surface area contributed by atoms with Crippen molar-refractivity contribution in [1.82, 2.24) is 4.90 Å². The molecule has 1 aliphatic rings. The van der Waals surface area contributed by atoms with E-state index < -0.39 is 5.97 Å². The van der Waals surface area contributed by atoms with Gasteiger partial charge in [-0.05, 0) is 37.3 Å². The van der Waals surface area contributed by atoms with E-state index in [2.05, 4.69) is 19.2 Å². The van der Waals surface area contributed by atoms with Crippen molar-refractivity contribution in [2.24, 2.45) is 5.92 Å². The molecule has 2 N–H and O–H groups in total. The summed E-state index contributed by atoms with van der Waals surface area (Å²) in [6.07, 6.45) is 3.02. The summed E-state index contributed by atoms with van der Waals surface area (Å²) in [6, 6.07) is 6.59. The number of carboxylic acids is 1. The number of carbonyl (C=O) groups excluding carboxylic acids is 1. The Labute approximate surface area is 125 Å². The number of anilines is 1. The minimum Gasteiger partial charge on any atom is -0.478 e. The van der Waals surface area contributed by atoms with Crippen molar-refractivity contribution < 1.29 is 14.7 Å². The van der Waals surface area contributed by atoms with Crippen LogP contribution in [0.25, 0.3) is 0 Å². The molecule has 114 valence electrons. The fourth-order valence-corrected chi connectivity index (χ4v) is 2.20. The van der Waals surface area contributed by atoms with E-state index in [0.29, 0.717) is 24.2 Å². The molecule has 0 spiro atoms. The predicted octanol–water partition coefficient (Wildman–Crippen LogP) is 3.43. The molecule has 0 aromatic heterocycles. The highest BCUT2D eigenvalue weighted by Gasteiger charge is 2.32. The van der Waals surface area contributed by atoms with Crippen molar-refractivity contribution in [2.75, 3.05) is 11.9 Å². The normalized spacial score (nSPS) is 14.0. The fourth-order valence-electron chi connectivity index (χ4n) is 2.20. The molecule has 5 heteroatoms. The quantitative estimate of drug-likeness (QED) is 0.843. The molecule has 0 radical (unpaired) electrons. The first kappa shape index (κ1) is 15.4. The molecule has 0 heterocycles. The van der Waals surface area contributed by atoms with Crippen LogP contribution in [0.15, 0.2) is 24.3 Å². The van der Waals surface area contributed by atoms with Gasteiger partial charge >= 0.3 is 12.0 Å². The van der Waals surface area contributed by atoms with Crippen LogP contribution in [-0.2, 0) is 0 Å². The lowest BCUT2D eigenvalue weighted by atomic mass is 10.1. The molecule has 0 atom stereocenters. The Kier molecular flexibility index (Phi) is 4.83. The summed E-state index contributed by atoms with van der Waals surface area (Å²) in [5.74, 6) is -0.503. The molecule has 2 amide bonds. The van der Waals surface area contributed by atoms with Crippen molar-refractivity contribution in [3.05, 3.63) is 29.8 Å². The highest BCUT2D eigenvalue weighted by atomic mass is 16.4. The lowest BCUT2D eigenvalue weighted by Gasteiger charge is -2.24. The average Bonchev–Trinajstić information content (AvgIpc) is 3.23. The van der Waals surface area contributed by atoms with Crippen molar-refractivity contribution in [3.8, 4) is 0 Å². The molecule has 0 saturated heterocycles. The number of aromatic carboxylic acids is 1. The van der Waals surface area contributed by atoms with Gasteiger partial charge < -0.3 is 15.3 Å². The monoisotopic (exact) mass is 290 g/mol. The first-order chi connectivity index (χ1) is 9.99. The summed E-state index contributed by atoms with van der Waals surface area (Å²) >= 11 is 0. The smallest absolute Gasteiger partial charge is 0.337 e. The second-order valence-electron chi connectivity index (χ2n) is 5.89. The second kappa shape index (κ2) is 6.61. The van der Waals surface area contributed by atoms with E-state index in [1.165, 1.54) is 6.07 Å². The van der Waals surface area contributed by atoms with Gasteiger partial charge in [0.15, 0.2) is 0 Å². The predicted molar refractivity (Wildman–Crippen MR) is 81.6 cm³/mol. The number of amides is 2. The van der Waals surface area contributed by atoms with Crippen LogP contribution in [-0.4, -0.2) is 34.6 Å². The zero-order chi connectivity index (χ0) is 15.4. The Morgan fingerprint density at radius 2 is 2.00 bits per heavy atom. The van der Waals surface area contributed by atoms with Gasteiger partial charge in [0.1, 0.15) is 0 Å². The minimum atomic E-state index is -1.04. The Bertz CT molecular complexity index is 524. The summed E-state index contributed by atoms with van der Waals surface area (Å²) in [4.78, 5) is 25.4. The van der Waals surface area contributed by atoms with Crippen LogP contribution in [0.1, 0.15) is 43.5 Å². The highest BCUT2D eigenvalue weighted by Crippen LogP contribution is 2.28. The number of nitrogens with one attached hydrogen (secondary N) is 1. The van der Waals surface area contributed by atoms with E-state index >= 15 is 0 Å². The molecular formula is C16H22N2O3. The lowest BCUT2D eigenvalue weighted by Crippen LogP contribution is -2.38. The van der Waals surface area contributed by atoms with Gasteiger partial charge in [-0.2, -0.15) is 0 Å². The summed E-state index contributed by atoms with van der Waals surface area (Å²) in [7, 11) is 0. The van der Waals surface area contributed by atoms with E-state index in [4.69, 9.17) is 5.11 Å². The van der Waals surface area contributed by atoms with Gasteiger partial charge in [-0.15, -0.1) is 0 Å². The van der Waals surface area contributed by atoms with E-state index in [1.807, 2.05) is 4.90 Å². The number of urea groups is 1. The van der Waals surface area contributed by atoms with Gasteiger partial charge in [0.25, 0.3) is 0 Å². The van der Waals surface area contributed by atoms with Crippen molar-refractivity contribution in [1.29, 1.82) is 0 Å². The maximum atomic E-state index is 12.4. The Morgan fingerprint density at radius 1 is 1.33 bits per heavy atom. The van der Waals surface area contributed by atoms with E-state index in [-0.39, 0.29) is 11.6 Å². The number of nitrogens with zero attached hydrogens (tertiary/aromatic N) is 1. The first-order valence-corrected chi connectivity index (χ1v) is 7.39. The number of rotatable bonds is 6. The molecule has 21 heavy (non-hydrogen) atoms. The average molecular weight is 290 g/mol. The van der Waals surface area contributed by atoms with Crippen molar-refractivity contribution in [2.45, 2.75) is 39.2 Å². The lowest BCUT2D eigenvalue weighted by molar-refractivity contribution is 0.0698. The third kappa shape index (κ3) is 4.21. The summed E-state index contributed by atoms with van der Waals surface area (Å²) in [5.41, 5.74) is 0.468. The molecule has 1 saturated carbocycles. The van der Waals surface area contributed by atoms with E-state index in [9.17, 15) is 9.59 Å². The summed E-state index contributed by atoms with van der Waals surface area (Å²) in [5, 5.41) is 11.9. The van der Waals surface area contributed by atoms with E-state index in [1.54, 1.807) is 18.2 Å². The zero-order valence-electron chi connectivity index (χ0n) is 12.5. The largest absolute Gasteiger partial charge is 0.478 e. The molecular weight excluding hydrogens is 268 g/mol. The maximum Gasteiger partial charge on any atom is 0.337 e. The summed E-state index contributed by atoms with van der Waals surface area (Å²) in [6.45, 7) is 4.97. The summed E-state index contributed by atoms with van der Waals surface area (Å²) < 4.78 is 0.